The molecule has 0 fully saturated rings. The van der Waals surface area contributed by atoms with Crippen molar-refractivity contribution in [3.05, 3.63) is 96.1 Å². The Kier molecular flexibility index (Phi) is 5.36. The topological polar surface area (TPSA) is 25.8 Å². The lowest BCUT2D eigenvalue weighted by Gasteiger charge is -2.09. The molecule has 0 bridgehead atoms. The van der Waals surface area contributed by atoms with E-state index in [4.69, 9.17) is 9.97 Å². The summed E-state index contributed by atoms with van der Waals surface area (Å²) in [7, 11) is 0. The van der Waals surface area contributed by atoms with Crippen LogP contribution < -0.4 is 0 Å². The number of aromatic nitrogens is 2. The average molecular weight is 518 g/mol. The SMILES string of the molecule is BrCc1ccc(-c2ccc3ccc4ccc(-c5ccc(CBr)cc5)nc4c3n2)cc1. The van der Waals surface area contributed by atoms with E-state index in [2.05, 4.69) is 117 Å². The molecule has 5 rings (SSSR count). The summed E-state index contributed by atoms with van der Waals surface area (Å²) in [5.41, 5.74) is 8.53. The molecular formula is C26H18Br2N2. The zero-order valence-electron chi connectivity index (χ0n) is 16.1. The van der Waals surface area contributed by atoms with Gasteiger partial charge < -0.3 is 0 Å². The highest BCUT2D eigenvalue weighted by Crippen LogP contribution is 2.29. The summed E-state index contributed by atoms with van der Waals surface area (Å²) in [6, 6.07) is 29.7. The molecule has 146 valence electrons. The maximum atomic E-state index is 5.01. The van der Waals surface area contributed by atoms with Crippen LogP contribution in [0.5, 0.6) is 0 Å². The molecule has 4 heteroatoms. The van der Waals surface area contributed by atoms with Crippen LogP contribution in [0.15, 0.2) is 84.9 Å². The molecule has 0 unspecified atom stereocenters. The van der Waals surface area contributed by atoms with Gasteiger partial charge in [-0.25, -0.2) is 9.97 Å². The minimum Gasteiger partial charge on any atom is -0.245 e. The predicted octanol–water partition coefficient (Wildman–Crippen LogP) is 7.91. The van der Waals surface area contributed by atoms with Crippen LogP contribution in [-0.4, -0.2) is 9.97 Å². The smallest absolute Gasteiger partial charge is 0.0972 e. The highest BCUT2D eigenvalue weighted by molar-refractivity contribution is 9.08. The van der Waals surface area contributed by atoms with Crippen LogP contribution in [0.1, 0.15) is 11.1 Å². The van der Waals surface area contributed by atoms with Crippen molar-refractivity contribution in [3.63, 3.8) is 0 Å². The van der Waals surface area contributed by atoms with Crippen molar-refractivity contribution in [2.45, 2.75) is 10.7 Å². The quantitative estimate of drug-likeness (QED) is 0.179. The largest absolute Gasteiger partial charge is 0.245 e. The van der Waals surface area contributed by atoms with E-state index in [-0.39, 0.29) is 0 Å². The molecule has 0 atom stereocenters. The van der Waals surface area contributed by atoms with E-state index in [1.807, 2.05) is 0 Å². The van der Waals surface area contributed by atoms with E-state index in [0.29, 0.717) is 0 Å². The first kappa shape index (κ1) is 19.4. The normalized spacial score (nSPS) is 11.3. The fraction of sp³-hybridized carbons (Fsp3) is 0.0769. The molecule has 3 aromatic carbocycles. The second-order valence-corrected chi connectivity index (χ2v) is 8.38. The van der Waals surface area contributed by atoms with E-state index < -0.39 is 0 Å². The van der Waals surface area contributed by atoms with Crippen molar-refractivity contribution in [2.24, 2.45) is 0 Å². The van der Waals surface area contributed by atoms with E-state index in [1.54, 1.807) is 0 Å². The molecule has 0 radical (unpaired) electrons. The van der Waals surface area contributed by atoms with Crippen LogP contribution in [0, 0.1) is 0 Å². The van der Waals surface area contributed by atoms with Crippen molar-refractivity contribution in [1.82, 2.24) is 9.97 Å². The number of hydrogen-bond acceptors (Lipinski definition) is 2. The number of alkyl halides is 2. The van der Waals surface area contributed by atoms with Gasteiger partial charge in [0.1, 0.15) is 0 Å². The van der Waals surface area contributed by atoms with E-state index in [0.717, 1.165) is 55.0 Å². The minimum atomic E-state index is 0.854. The van der Waals surface area contributed by atoms with E-state index >= 15 is 0 Å². The fourth-order valence-corrected chi connectivity index (χ4v) is 4.37. The Morgan fingerprint density at radius 2 is 0.833 bits per heavy atom. The second-order valence-electron chi connectivity index (χ2n) is 7.26. The van der Waals surface area contributed by atoms with Gasteiger partial charge in [0.15, 0.2) is 0 Å². The fourth-order valence-electron chi connectivity index (χ4n) is 3.62. The molecule has 0 aliphatic carbocycles. The maximum Gasteiger partial charge on any atom is 0.0972 e. The number of rotatable bonds is 4. The maximum absolute atomic E-state index is 5.01. The molecule has 0 aliphatic rings. The van der Waals surface area contributed by atoms with Gasteiger partial charge in [-0.15, -0.1) is 0 Å². The van der Waals surface area contributed by atoms with Crippen molar-refractivity contribution in [3.8, 4) is 22.5 Å². The third-order valence-corrected chi connectivity index (χ3v) is 6.62. The number of fused-ring (bicyclic) bond motifs is 3. The summed E-state index contributed by atoms with van der Waals surface area (Å²) in [5.74, 6) is 0. The summed E-state index contributed by atoms with van der Waals surface area (Å²) < 4.78 is 0. The molecule has 0 saturated carbocycles. The van der Waals surface area contributed by atoms with Crippen molar-refractivity contribution in [1.29, 1.82) is 0 Å². The predicted molar refractivity (Wildman–Crippen MR) is 133 cm³/mol. The molecular weight excluding hydrogens is 500 g/mol. The first-order chi connectivity index (χ1) is 14.7. The van der Waals surface area contributed by atoms with Crippen LogP contribution in [0.3, 0.4) is 0 Å². The van der Waals surface area contributed by atoms with Gasteiger partial charge in [-0.2, -0.15) is 0 Å². The van der Waals surface area contributed by atoms with Crippen LogP contribution in [0.2, 0.25) is 0 Å². The Labute approximate surface area is 192 Å². The highest BCUT2D eigenvalue weighted by atomic mass is 79.9. The third kappa shape index (κ3) is 3.66. The van der Waals surface area contributed by atoms with Crippen molar-refractivity contribution >= 4 is 53.7 Å². The van der Waals surface area contributed by atoms with Gasteiger partial charge in [0.25, 0.3) is 0 Å². The van der Waals surface area contributed by atoms with E-state index in [9.17, 15) is 0 Å². The monoisotopic (exact) mass is 516 g/mol. The Morgan fingerprint density at radius 3 is 1.20 bits per heavy atom. The number of benzene rings is 3. The summed E-state index contributed by atoms with van der Waals surface area (Å²) in [6.45, 7) is 0. The molecule has 0 N–H and O–H groups in total. The molecule has 0 spiro atoms. The summed E-state index contributed by atoms with van der Waals surface area (Å²) in [6.07, 6.45) is 0. The van der Waals surface area contributed by atoms with Gasteiger partial charge in [0, 0.05) is 32.6 Å². The summed E-state index contributed by atoms with van der Waals surface area (Å²) >= 11 is 7.01. The lowest BCUT2D eigenvalue weighted by Crippen LogP contribution is -1.91. The van der Waals surface area contributed by atoms with Gasteiger partial charge in [0.2, 0.25) is 0 Å². The lowest BCUT2D eigenvalue weighted by atomic mass is 10.0. The van der Waals surface area contributed by atoms with Crippen LogP contribution in [0.25, 0.3) is 44.3 Å². The summed E-state index contributed by atoms with van der Waals surface area (Å²) in [5, 5.41) is 3.91. The van der Waals surface area contributed by atoms with Gasteiger partial charge >= 0.3 is 0 Å². The van der Waals surface area contributed by atoms with Gasteiger partial charge in [0.05, 0.1) is 22.4 Å². The molecule has 2 nitrogen and oxygen atoms in total. The summed E-state index contributed by atoms with van der Waals surface area (Å²) in [4.78, 5) is 10.0. The minimum absolute atomic E-state index is 0.854. The Morgan fingerprint density at radius 1 is 0.467 bits per heavy atom. The zero-order valence-corrected chi connectivity index (χ0v) is 19.3. The number of halogens is 2. The van der Waals surface area contributed by atoms with Gasteiger partial charge in [-0.1, -0.05) is 105 Å². The van der Waals surface area contributed by atoms with Gasteiger partial charge in [-0.05, 0) is 23.3 Å². The molecule has 5 aromatic rings. The van der Waals surface area contributed by atoms with Crippen molar-refractivity contribution in [2.75, 3.05) is 0 Å². The Bertz CT molecular complexity index is 1240. The molecule has 2 heterocycles. The number of nitrogens with zero attached hydrogens (tertiary/aromatic N) is 2. The van der Waals surface area contributed by atoms with E-state index in [1.165, 1.54) is 11.1 Å². The first-order valence-corrected chi connectivity index (χ1v) is 12.0. The standard InChI is InChI=1S/C26H18Br2N2/c27-15-17-1-5-19(6-2-17)23-13-11-21-9-10-22-12-14-24(30-26(22)25(21)29-23)20-7-3-18(16-28)4-8-20/h1-14H,15-16H2. The van der Waals surface area contributed by atoms with Crippen LogP contribution in [-0.2, 0) is 10.7 Å². The third-order valence-electron chi connectivity index (χ3n) is 5.33. The van der Waals surface area contributed by atoms with Crippen LogP contribution in [0.4, 0.5) is 0 Å². The zero-order chi connectivity index (χ0) is 20.5. The molecule has 2 aromatic heterocycles. The number of hydrogen-bond donors (Lipinski definition) is 0. The molecule has 30 heavy (non-hydrogen) atoms. The number of pyridine rings is 2. The highest BCUT2D eigenvalue weighted by Gasteiger charge is 2.09. The molecule has 0 saturated heterocycles. The van der Waals surface area contributed by atoms with Crippen molar-refractivity contribution < 1.29 is 0 Å². The Balaban J connectivity index is 1.65. The molecule has 0 amide bonds. The van der Waals surface area contributed by atoms with Crippen LogP contribution >= 0.6 is 31.9 Å². The lowest BCUT2D eigenvalue weighted by molar-refractivity contribution is 1.35. The molecule has 0 aliphatic heterocycles. The Hall–Kier alpha value is -2.56. The average Bonchev–Trinajstić information content (AvgIpc) is 2.83. The van der Waals surface area contributed by atoms with Gasteiger partial charge in [-0.3, -0.25) is 0 Å². The first-order valence-electron chi connectivity index (χ1n) is 9.76. The second kappa shape index (κ2) is 8.29.